The van der Waals surface area contributed by atoms with E-state index in [1.165, 1.54) is 18.3 Å². The van der Waals surface area contributed by atoms with Gasteiger partial charge in [-0.2, -0.15) is 18.4 Å². The monoisotopic (exact) mass is 592 g/mol. The van der Waals surface area contributed by atoms with Crippen LogP contribution in [0.1, 0.15) is 70.5 Å². The summed E-state index contributed by atoms with van der Waals surface area (Å²) in [6, 6.07) is 16.8. The van der Waals surface area contributed by atoms with Crippen LogP contribution in [0.4, 0.5) is 13.2 Å². The Balaban J connectivity index is 1.04. The number of hydrogen-bond acceptors (Lipinski definition) is 6. The molecule has 2 fully saturated rings. The van der Waals surface area contributed by atoms with E-state index in [1.807, 2.05) is 0 Å². The fourth-order valence-corrected chi connectivity index (χ4v) is 5.31. The maximum Gasteiger partial charge on any atom is 0.416 e. The summed E-state index contributed by atoms with van der Waals surface area (Å²) in [4.78, 5) is 31.7. The van der Waals surface area contributed by atoms with Crippen LogP contribution in [-0.2, 0) is 6.18 Å². The van der Waals surface area contributed by atoms with Crippen molar-refractivity contribution >= 4 is 11.8 Å². The van der Waals surface area contributed by atoms with Crippen molar-refractivity contribution in [3.8, 4) is 17.6 Å². The quantitative estimate of drug-likeness (QED) is 0.373. The van der Waals surface area contributed by atoms with Gasteiger partial charge in [0, 0.05) is 38.2 Å². The lowest BCUT2D eigenvalue weighted by Gasteiger charge is -2.32. The number of amides is 2. The molecule has 0 bridgehead atoms. The van der Waals surface area contributed by atoms with Crippen LogP contribution in [0.25, 0.3) is 0 Å². The molecule has 1 saturated carbocycles. The molecular weight excluding hydrogens is 561 g/mol. The summed E-state index contributed by atoms with van der Waals surface area (Å²) in [5.41, 5.74) is 0.458. The number of aromatic nitrogens is 1. The van der Waals surface area contributed by atoms with Crippen LogP contribution in [0.2, 0.25) is 0 Å². The highest BCUT2D eigenvalue weighted by atomic mass is 19.4. The summed E-state index contributed by atoms with van der Waals surface area (Å²) in [6.07, 6.45) is 1.05. The highest BCUT2D eigenvalue weighted by Crippen LogP contribution is 2.31. The number of nitriles is 1. The average molecular weight is 593 g/mol. The summed E-state index contributed by atoms with van der Waals surface area (Å²) in [6.45, 7) is 0.869. The second-order valence-corrected chi connectivity index (χ2v) is 10.8. The molecule has 1 saturated heterocycles. The van der Waals surface area contributed by atoms with Crippen molar-refractivity contribution in [2.75, 3.05) is 13.1 Å². The Morgan fingerprint density at radius 2 is 1.42 bits per heavy atom. The van der Waals surface area contributed by atoms with E-state index < -0.39 is 11.7 Å². The Morgan fingerprint density at radius 3 is 1.95 bits per heavy atom. The third kappa shape index (κ3) is 7.83. The molecule has 11 heteroatoms. The van der Waals surface area contributed by atoms with Crippen molar-refractivity contribution in [2.45, 2.75) is 63.0 Å². The molecule has 0 atom stereocenters. The lowest BCUT2D eigenvalue weighted by Crippen LogP contribution is -2.42. The molecule has 2 aliphatic rings. The van der Waals surface area contributed by atoms with Crippen LogP contribution in [0, 0.1) is 11.3 Å². The Kier molecular flexibility index (Phi) is 9.14. The van der Waals surface area contributed by atoms with Gasteiger partial charge in [0.05, 0.1) is 28.9 Å². The lowest BCUT2D eigenvalue weighted by molar-refractivity contribution is -0.137. The van der Waals surface area contributed by atoms with E-state index in [-0.39, 0.29) is 35.8 Å². The Bertz CT molecular complexity index is 1440. The maximum atomic E-state index is 13.0. The third-order valence-corrected chi connectivity index (χ3v) is 7.75. The van der Waals surface area contributed by atoms with Gasteiger partial charge < -0.3 is 19.7 Å². The van der Waals surface area contributed by atoms with Gasteiger partial charge in [0.15, 0.2) is 0 Å². The van der Waals surface area contributed by atoms with Gasteiger partial charge in [-0.25, -0.2) is 0 Å². The standard InChI is InChI=1S/C32H31F3N4O4/c33-32(34,35)23-4-10-26(11-5-23)43-28-15-17-39(18-16-28)31(41)22-3-14-29(37-20-22)30(40)38-24-6-12-27(13-7-24)42-25-8-1-21(19-36)2-9-25/h1-5,8-11,14,20,24,27-28H,6-7,12-13,15-18H2,(H,38,40). The number of alkyl halides is 3. The van der Waals surface area contributed by atoms with E-state index in [1.54, 1.807) is 41.3 Å². The number of halogens is 3. The summed E-state index contributed by atoms with van der Waals surface area (Å²) < 4.78 is 50.1. The molecule has 8 nitrogen and oxygen atoms in total. The van der Waals surface area contributed by atoms with E-state index in [0.717, 1.165) is 43.6 Å². The van der Waals surface area contributed by atoms with Crippen molar-refractivity contribution in [3.63, 3.8) is 0 Å². The molecule has 2 aromatic carbocycles. The van der Waals surface area contributed by atoms with E-state index in [2.05, 4.69) is 16.4 Å². The second-order valence-electron chi connectivity index (χ2n) is 10.8. The van der Waals surface area contributed by atoms with Crippen molar-refractivity contribution in [1.82, 2.24) is 15.2 Å². The van der Waals surface area contributed by atoms with Crippen LogP contribution in [-0.4, -0.2) is 53.0 Å². The third-order valence-electron chi connectivity index (χ3n) is 7.75. The van der Waals surface area contributed by atoms with E-state index in [0.29, 0.717) is 42.8 Å². The normalized spacial score (nSPS) is 19.3. The minimum absolute atomic E-state index is 0.00233. The summed E-state index contributed by atoms with van der Waals surface area (Å²) in [5.74, 6) is 0.589. The van der Waals surface area contributed by atoms with E-state index in [4.69, 9.17) is 14.7 Å². The average Bonchev–Trinajstić information content (AvgIpc) is 3.02. The van der Waals surface area contributed by atoms with Crippen molar-refractivity contribution < 1.29 is 32.2 Å². The highest BCUT2D eigenvalue weighted by Gasteiger charge is 2.31. The Labute approximate surface area is 247 Å². The zero-order valence-electron chi connectivity index (χ0n) is 23.3. The first kappa shape index (κ1) is 29.9. The smallest absolute Gasteiger partial charge is 0.416 e. The number of pyridine rings is 1. The fraction of sp³-hybridized carbons (Fsp3) is 0.375. The van der Waals surface area contributed by atoms with Crippen LogP contribution in [0.15, 0.2) is 66.9 Å². The minimum Gasteiger partial charge on any atom is -0.490 e. The molecule has 0 radical (unpaired) electrons. The first-order valence-electron chi connectivity index (χ1n) is 14.2. The topological polar surface area (TPSA) is 105 Å². The molecule has 2 amide bonds. The Hall–Kier alpha value is -4.59. The van der Waals surface area contributed by atoms with Crippen molar-refractivity contribution in [2.24, 2.45) is 0 Å². The second kappa shape index (κ2) is 13.2. The zero-order chi connectivity index (χ0) is 30.4. The summed E-state index contributed by atoms with van der Waals surface area (Å²) in [7, 11) is 0. The maximum absolute atomic E-state index is 13.0. The van der Waals surface area contributed by atoms with Crippen molar-refractivity contribution in [1.29, 1.82) is 5.26 Å². The first-order valence-corrected chi connectivity index (χ1v) is 14.2. The number of nitrogens with one attached hydrogen (secondary N) is 1. The first-order chi connectivity index (χ1) is 20.7. The molecule has 1 N–H and O–H groups in total. The van der Waals surface area contributed by atoms with Gasteiger partial charge in [0.1, 0.15) is 23.3 Å². The summed E-state index contributed by atoms with van der Waals surface area (Å²) in [5, 5.41) is 11.9. The number of benzene rings is 2. The molecule has 43 heavy (non-hydrogen) atoms. The number of hydrogen-bond donors (Lipinski definition) is 1. The molecule has 5 rings (SSSR count). The van der Waals surface area contributed by atoms with E-state index >= 15 is 0 Å². The van der Waals surface area contributed by atoms with E-state index in [9.17, 15) is 22.8 Å². The van der Waals surface area contributed by atoms with Crippen LogP contribution in [0.5, 0.6) is 11.5 Å². The number of piperidine rings is 1. The van der Waals surface area contributed by atoms with Gasteiger partial charge in [0.25, 0.3) is 11.8 Å². The SMILES string of the molecule is N#Cc1ccc(OC2CCC(NC(=O)c3ccc(C(=O)N4CCC(Oc5ccc(C(F)(F)F)cc5)CC4)cn3)CC2)cc1. The minimum atomic E-state index is -4.40. The number of carbonyl (C=O) groups excluding carboxylic acids is 2. The molecule has 1 aromatic heterocycles. The predicted octanol–water partition coefficient (Wildman–Crippen LogP) is 5.78. The fourth-order valence-electron chi connectivity index (χ4n) is 5.31. The highest BCUT2D eigenvalue weighted by molar-refractivity contribution is 5.96. The van der Waals surface area contributed by atoms with Gasteiger partial charge in [0.2, 0.25) is 0 Å². The van der Waals surface area contributed by atoms with Gasteiger partial charge in [-0.3, -0.25) is 14.6 Å². The molecule has 0 unspecified atom stereocenters. The number of rotatable bonds is 7. The van der Waals surface area contributed by atoms with Gasteiger partial charge in [-0.05, 0) is 86.3 Å². The number of nitrogens with zero attached hydrogens (tertiary/aromatic N) is 3. The number of ether oxygens (including phenoxy) is 2. The molecule has 2 heterocycles. The van der Waals surface area contributed by atoms with Crippen LogP contribution in [0.3, 0.4) is 0 Å². The lowest BCUT2D eigenvalue weighted by atomic mass is 9.92. The molecule has 0 spiro atoms. The predicted molar refractivity (Wildman–Crippen MR) is 151 cm³/mol. The van der Waals surface area contributed by atoms with Crippen LogP contribution >= 0.6 is 0 Å². The zero-order valence-corrected chi connectivity index (χ0v) is 23.3. The number of likely N-dealkylation sites (tertiary alicyclic amines) is 1. The largest absolute Gasteiger partial charge is 0.490 e. The van der Waals surface area contributed by atoms with Gasteiger partial charge in [-0.1, -0.05) is 0 Å². The molecule has 3 aromatic rings. The number of carbonyl (C=O) groups is 2. The van der Waals surface area contributed by atoms with Crippen LogP contribution < -0.4 is 14.8 Å². The molecular formula is C32H31F3N4O4. The van der Waals surface area contributed by atoms with Crippen molar-refractivity contribution in [3.05, 3.63) is 89.2 Å². The van der Waals surface area contributed by atoms with Gasteiger partial charge >= 0.3 is 6.18 Å². The van der Waals surface area contributed by atoms with Gasteiger partial charge in [-0.15, -0.1) is 0 Å². The summed E-state index contributed by atoms with van der Waals surface area (Å²) >= 11 is 0. The Morgan fingerprint density at radius 1 is 0.837 bits per heavy atom. The molecule has 1 aliphatic heterocycles. The molecule has 224 valence electrons. The molecule has 1 aliphatic carbocycles.